The number of hydrogen-bond acceptors (Lipinski definition) is 3. The fourth-order valence-electron chi connectivity index (χ4n) is 2.95. The maximum atomic E-state index is 6.48. The lowest BCUT2D eigenvalue weighted by atomic mass is 9.94. The summed E-state index contributed by atoms with van der Waals surface area (Å²) in [6.45, 7) is 0. The van der Waals surface area contributed by atoms with E-state index in [-0.39, 0.29) is 6.04 Å². The van der Waals surface area contributed by atoms with Gasteiger partial charge < -0.3 is 15.2 Å². The Morgan fingerprint density at radius 1 is 0.870 bits per heavy atom. The van der Waals surface area contributed by atoms with E-state index in [1.54, 1.807) is 14.2 Å². The van der Waals surface area contributed by atoms with E-state index in [2.05, 4.69) is 36.4 Å². The first-order valence-corrected chi connectivity index (χ1v) is 7.67. The van der Waals surface area contributed by atoms with Gasteiger partial charge in [-0.1, -0.05) is 48.5 Å². The molecule has 0 aromatic heterocycles. The molecule has 2 N–H and O–H groups in total. The van der Waals surface area contributed by atoms with Gasteiger partial charge in [0.25, 0.3) is 0 Å². The van der Waals surface area contributed by atoms with Gasteiger partial charge >= 0.3 is 0 Å². The van der Waals surface area contributed by atoms with Gasteiger partial charge in [0.2, 0.25) is 0 Å². The van der Waals surface area contributed by atoms with Crippen LogP contribution in [0.15, 0.2) is 60.7 Å². The van der Waals surface area contributed by atoms with Crippen molar-refractivity contribution in [2.75, 3.05) is 14.2 Å². The standard InChI is InChI=1S/C20H21NO2/c1-22-19-11-10-14(13-20(19)23-2)12-18(21)17-9-5-7-15-6-3-4-8-16(15)17/h3-11,13,18H,12,21H2,1-2H3. The maximum Gasteiger partial charge on any atom is 0.160 e. The zero-order chi connectivity index (χ0) is 16.2. The average Bonchev–Trinajstić information content (AvgIpc) is 2.61. The highest BCUT2D eigenvalue weighted by Crippen LogP contribution is 2.30. The van der Waals surface area contributed by atoms with Crippen molar-refractivity contribution >= 4 is 10.8 Å². The Labute approximate surface area is 136 Å². The SMILES string of the molecule is COc1ccc(CC(N)c2cccc3ccccc23)cc1OC. The molecule has 118 valence electrons. The Hall–Kier alpha value is -2.52. The molecule has 3 nitrogen and oxygen atoms in total. The van der Waals surface area contributed by atoms with Crippen molar-refractivity contribution in [3.8, 4) is 11.5 Å². The Balaban J connectivity index is 1.90. The number of methoxy groups -OCH3 is 2. The lowest BCUT2D eigenvalue weighted by molar-refractivity contribution is 0.354. The third-order valence-corrected chi connectivity index (χ3v) is 4.13. The Morgan fingerprint density at radius 2 is 1.61 bits per heavy atom. The fourth-order valence-corrected chi connectivity index (χ4v) is 2.95. The van der Waals surface area contributed by atoms with E-state index in [4.69, 9.17) is 15.2 Å². The van der Waals surface area contributed by atoms with Crippen molar-refractivity contribution in [3.05, 3.63) is 71.8 Å². The highest BCUT2D eigenvalue weighted by Gasteiger charge is 2.12. The van der Waals surface area contributed by atoms with Crippen molar-refractivity contribution in [2.24, 2.45) is 5.73 Å². The molecule has 0 aliphatic carbocycles. The smallest absolute Gasteiger partial charge is 0.160 e. The summed E-state index contributed by atoms with van der Waals surface area (Å²) in [6.07, 6.45) is 0.744. The van der Waals surface area contributed by atoms with Gasteiger partial charge in [-0.15, -0.1) is 0 Å². The molecule has 3 aromatic carbocycles. The average molecular weight is 307 g/mol. The third kappa shape index (κ3) is 3.15. The molecule has 0 aliphatic rings. The van der Waals surface area contributed by atoms with Crippen LogP contribution in [-0.4, -0.2) is 14.2 Å². The molecule has 3 aromatic rings. The van der Waals surface area contributed by atoms with Gasteiger partial charge in [0, 0.05) is 6.04 Å². The number of benzene rings is 3. The Kier molecular flexibility index (Phi) is 4.49. The molecule has 0 bridgehead atoms. The summed E-state index contributed by atoms with van der Waals surface area (Å²) in [4.78, 5) is 0. The summed E-state index contributed by atoms with van der Waals surface area (Å²) in [6, 6.07) is 20.5. The Bertz CT molecular complexity index is 808. The van der Waals surface area contributed by atoms with Gasteiger partial charge in [-0.3, -0.25) is 0 Å². The minimum absolute atomic E-state index is 0.0702. The van der Waals surface area contributed by atoms with Gasteiger partial charge in [0.05, 0.1) is 14.2 Å². The maximum absolute atomic E-state index is 6.48. The minimum Gasteiger partial charge on any atom is -0.493 e. The molecule has 23 heavy (non-hydrogen) atoms. The van der Waals surface area contributed by atoms with Crippen molar-refractivity contribution in [1.29, 1.82) is 0 Å². The predicted molar refractivity (Wildman–Crippen MR) is 94.1 cm³/mol. The van der Waals surface area contributed by atoms with E-state index in [1.165, 1.54) is 10.8 Å². The molecule has 0 heterocycles. The molecule has 0 saturated carbocycles. The van der Waals surface area contributed by atoms with Crippen molar-refractivity contribution in [3.63, 3.8) is 0 Å². The lowest BCUT2D eigenvalue weighted by Gasteiger charge is -2.16. The number of nitrogens with two attached hydrogens (primary N) is 1. The van der Waals surface area contributed by atoms with E-state index < -0.39 is 0 Å². The largest absolute Gasteiger partial charge is 0.493 e. The van der Waals surface area contributed by atoms with E-state index in [0.29, 0.717) is 0 Å². The van der Waals surface area contributed by atoms with E-state index >= 15 is 0 Å². The molecule has 0 saturated heterocycles. The highest BCUT2D eigenvalue weighted by molar-refractivity contribution is 5.86. The second-order valence-corrected chi connectivity index (χ2v) is 5.57. The van der Waals surface area contributed by atoms with Crippen molar-refractivity contribution < 1.29 is 9.47 Å². The van der Waals surface area contributed by atoms with Crippen LogP contribution in [0.25, 0.3) is 10.8 Å². The second-order valence-electron chi connectivity index (χ2n) is 5.57. The Morgan fingerprint density at radius 3 is 2.39 bits per heavy atom. The summed E-state index contributed by atoms with van der Waals surface area (Å²) < 4.78 is 10.7. The molecular weight excluding hydrogens is 286 g/mol. The van der Waals surface area contributed by atoms with Crippen LogP contribution in [0, 0.1) is 0 Å². The van der Waals surface area contributed by atoms with E-state index in [0.717, 1.165) is 29.0 Å². The van der Waals surface area contributed by atoms with Crippen LogP contribution >= 0.6 is 0 Å². The topological polar surface area (TPSA) is 44.5 Å². The first-order chi connectivity index (χ1) is 11.2. The molecule has 3 heteroatoms. The zero-order valence-corrected chi connectivity index (χ0v) is 13.5. The molecule has 0 spiro atoms. The third-order valence-electron chi connectivity index (χ3n) is 4.13. The van der Waals surface area contributed by atoms with Gasteiger partial charge in [-0.25, -0.2) is 0 Å². The summed E-state index contributed by atoms with van der Waals surface area (Å²) in [5, 5.41) is 2.43. The van der Waals surface area contributed by atoms with Crippen LogP contribution in [0.1, 0.15) is 17.2 Å². The van der Waals surface area contributed by atoms with Crippen LogP contribution in [0.5, 0.6) is 11.5 Å². The molecular formula is C20H21NO2. The molecule has 0 amide bonds. The van der Waals surface area contributed by atoms with Crippen LogP contribution < -0.4 is 15.2 Å². The first kappa shape index (κ1) is 15.4. The number of ether oxygens (including phenoxy) is 2. The fraction of sp³-hybridized carbons (Fsp3) is 0.200. The van der Waals surface area contributed by atoms with Crippen LogP contribution in [0.2, 0.25) is 0 Å². The quantitative estimate of drug-likeness (QED) is 0.772. The van der Waals surface area contributed by atoms with Gasteiger partial charge in [0.1, 0.15) is 0 Å². The van der Waals surface area contributed by atoms with Gasteiger partial charge in [0.15, 0.2) is 11.5 Å². The van der Waals surface area contributed by atoms with Crippen molar-refractivity contribution in [2.45, 2.75) is 12.5 Å². The summed E-state index contributed by atoms with van der Waals surface area (Å²) in [5.74, 6) is 1.46. The first-order valence-electron chi connectivity index (χ1n) is 7.67. The number of fused-ring (bicyclic) bond motifs is 1. The lowest BCUT2D eigenvalue weighted by Crippen LogP contribution is -2.13. The monoisotopic (exact) mass is 307 g/mol. The molecule has 0 fully saturated rings. The van der Waals surface area contributed by atoms with Crippen LogP contribution in [0.4, 0.5) is 0 Å². The van der Waals surface area contributed by atoms with Crippen LogP contribution in [-0.2, 0) is 6.42 Å². The van der Waals surface area contributed by atoms with Crippen molar-refractivity contribution in [1.82, 2.24) is 0 Å². The summed E-state index contributed by atoms with van der Waals surface area (Å²) in [7, 11) is 3.28. The molecule has 1 atom stereocenters. The molecule has 0 radical (unpaired) electrons. The predicted octanol–water partition coefficient (Wildman–Crippen LogP) is 4.10. The normalized spacial score (nSPS) is 12.1. The number of rotatable bonds is 5. The van der Waals surface area contributed by atoms with Gasteiger partial charge in [-0.2, -0.15) is 0 Å². The molecule has 0 aliphatic heterocycles. The second kappa shape index (κ2) is 6.71. The zero-order valence-electron chi connectivity index (χ0n) is 13.5. The van der Waals surface area contributed by atoms with E-state index in [1.807, 2.05) is 24.3 Å². The minimum atomic E-state index is -0.0702. The summed E-state index contributed by atoms with van der Waals surface area (Å²) in [5.41, 5.74) is 8.78. The highest BCUT2D eigenvalue weighted by atomic mass is 16.5. The number of hydrogen-bond donors (Lipinski definition) is 1. The van der Waals surface area contributed by atoms with E-state index in [9.17, 15) is 0 Å². The van der Waals surface area contributed by atoms with Gasteiger partial charge in [-0.05, 0) is 40.5 Å². The molecule has 3 rings (SSSR count). The summed E-state index contributed by atoms with van der Waals surface area (Å²) >= 11 is 0. The van der Waals surface area contributed by atoms with Crippen LogP contribution in [0.3, 0.4) is 0 Å². The molecule has 1 unspecified atom stereocenters.